The molecule has 2 aromatic rings. The Morgan fingerprint density at radius 2 is 2.15 bits per heavy atom. The van der Waals surface area contributed by atoms with Crippen molar-refractivity contribution in [2.24, 2.45) is 5.92 Å². The average Bonchev–Trinajstić information content (AvgIpc) is 3.51. The van der Waals surface area contributed by atoms with Crippen LogP contribution in [0.2, 0.25) is 0 Å². The van der Waals surface area contributed by atoms with Gasteiger partial charge >= 0.3 is 0 Å². The Bertz CT molecular complexity index is 806. The van der Waals surface area contributed by atoms with Gasteiger partial charge in [0.15, 0.2) is 0 Å². The van der Waals surface area contributed by atoms with Crippen LogP contribution in [0.25, 0.3) is 0 Å². The van der Waals surface area contributed by atoms with Crippen LogP contribution in [0.1, 0.15) is 60.1 Å². The lowest BCUT2D eigenvalue weighted by molar-refractivity contribution is 0.0932. The topological polar surface area (TPSA) is 71.1 Å². The first-order chi connectivity index (χ1) is 13.1. The van der Waals surface area contributed by atoms with Crippen LogP contribution < -0.4 is 10.0 Å². The molecule has 2 unspecified atom stereocenters. The first-order valence-electron chi connectivity index (χ1n) is 9.55. The van der Waals surface area contributed by atoms with Crippen LogP contribution in [0.5, 0.6) is 0 Å². The number of hydrogen-bond acceptors (Lipinski definition) is 3. The monoisotopic (exact) mass is 385 g/mol. The molecule has 0 aliphatic heterocycles. The zero-order chi connectivity index (χ0) is 19.2. The second-order valence-corrected chi connectivity index (χ2v) is 8.43. The highest BCUT2D eigenvalue weighted by Crippen LogP contribution is 2.41. The normalized spacial score (nSPS) is 15.8. The molecule has 1 aliphatic carbocycles. The lowest BCUT2D eigenvalue weighted by atomic mass is 10.0. The van der Waals surface area contributed by atoms with Crippen molar-refractivity contribution in [2.45, 2.75) is 45.6 Å². The van der Waals surface area contributed by atoms with Crippen molar-refractivity contribution in [1.29, 1.82) is 0 Å². The van der Waals surface area contributed by atoms with Crippen molar-refractivity contribution in [3.05, 3.63) is 59.4 Å². The first kappa shape index (κ1) is 19.5. The summed E-state index contributed by atoms with van der Waals surface area (Å²) in [5.41, 5.74) is 3.18. The highest BCUT2D eigenvalue weighted by molar-refractivity contribution is 7.86. The third kappa shape index (κ3) is 5.39. The van der Waals surface area contributed by atoms with Gasteiger partial charge in [0.1, 0.15) is 11.0 Å². The van der Waals surface area contributed by atoms with Gasteiger partial charge in [-0.15, -0.1) is 0 Å². The van der Waals surface area contributed by atoms with E-state index in [2.05, 4.69) is 21.9 Å². The summed E-state index contributed by atoms with van der Waals surface area (Å²) in [7, 11) is -1.19. The van der Waals surface area contributed by atoms with E-state index in [-0.39, 0.29) is 11.9 Å². The minimum atomic E-state index is -1.19. The van der Waals surface area contributed by atoms with E-state index in [0.717, 1.165) is 36.8 Å². The molecule has 144 valence electrons. The Morgan fingerprint density at radius 1 is 1.33 bits per heavy atom. The maximum atomic E-state index is 13.1. The number of aryl methyl sites for hydroxylation is 1. The number of pyridine rings is 1. The van der Waals surface area contributed by atoms with Gasteiger partial charge in [0.05, 0.1) is 17.3 Å². The van der Waals surface area contributed by atoms with Crippen molar-refractivity contribution in [3.63, 3.8) is 0 Å². The highest BCUT2D eigenvalue weighted by atomic mass is 32.2. The van der Waals surface area contributed by atoms with Crippen molar-refractivity contribution in [2.75, 3.05) is 10.5 Å². The Labute approximate surface area is 163 Å². The number of nitrogens with zero attached hydrogens (tertiary/aromatic N) is 1. The number of benzene rings is 1. The van der Waals surface area contributed by atoms with Crippen LogP contribution in [0, 0.1) is 12.8 Å². The third-order valence-electron chi connectivity index (χ3n) is 4.75. The van der Waals surface area contributed by atoms with Gasteiger partial charge in [-0.25, -0.2) is 4.21 Å². The van der Waals surface area contributed by atoms with E-state index in [1.54, 1.807) is 6.20 Å². The molecule has 1 aliphatic rings. The second-order valence-electron chi connectivity index (χ2n) is 7.13. The number of hydrogen-bond donors (Lipinski definition) is 2. The quantitative estimate of drug-likeness (QED) is 0.681. The fourth-order valence-corrected chi connectivity index (χ4v) is 4.14. The average molecular weight is 386 g/mol. The molecule has 6 heteroatoms. The second kappa shape index (κ2) is 9.13. The SMILES string of the molecule is CCCCS(=O)Nc1ccc(C)cc1C(=O)NC(c1cccnc1)C1CC1. The van der Waals surface area contributed by atoms with E-state index < -0.39 is 11.0 Å². The lowest BCUT2D eigenvalue weighted by Gasteiger charge is -2.20. The number of carbonyl (C=O) groups excluding carboxylic acids is 1. The van der Waals surface area contributed by atoms with Crippen LogP contribution in [-0.4, -0.2) is 20.9 Å². The molecule has 0 saturated heterocycles. The fourth-order valence-electron chi connectivity index (χ4n) is 3.07. The predicted molar refractivity (Wildman–Crippen MR) is 110 cm³/mol. The summed E-state index contributed by atoms with van der Waals surface area (Å²) in [6.45, 7) is 4.02. The Kier molecular flexibility index (Phi) is 6.61. The largest absolute Gasteiger partial charge is 0.345 e. The molecular formula is C21H27N3O2S. The van der Waals surface area contributed by atoms with Gasteiger partial charge in [0, 0.05) is 18.1 Å². The molecule has 1 heterocycles. The summed E-state index contributed by atoms with van der Waals surface area (Å²) >= 11 is 0. The summed E-state index contributed by atoms with van der Waals surface area (Å²) in [4.78, 5) is 17.3. The highest BCUT2D eigenvalue weighted by Gasteiger charge is 2.34. The molecular weight excluding hydrogens is 358 g/mol. The molecule has 2 N–H and O–H groups in total. The number of nitrogens with one attached hydrogen (secondary N) is 2. The van der Waals surface area contributed by atoms with Crippen LogP contribution in [0.3, 0.4) is 0 Å². The van der Waals surface area contributed by atoms with E-state index in [0.29, 0.717) is 22.9 Å². The predicted octanol–water partition coefficient (Wildman–Crippen LogP) is 4.15. The molecule has 3 rings (SSSR count). The Balaban J connectivity index is 1.79. The summed E-state index contributed by atoms with van der Waals surface area (Å²) < 4.78 is 15.3. The van der Waals surface area contributed by atoms with E-state index in [9.17, 15) is 9.00 Å². The van der Waals surface area contributed by atoms with E-state index >= 15 is 0 Å². The molecule has 1 aromatic carbocycles. The standard InChI is InChI=1S/C21H27N3O2S/c1-3-4-12-27(26)24-19-10-7-15(2)13-18(19)21(25)23-20(16-8-9-16)17-6-5-11-22-14-17/h5-7,10-11,13-14,16,20,24H,3-4,8-9,12H2,1-2H3,(H,23,25). The van der Waals surface area contributed by atoms with E-state index in [1.807, 2.05) is 43.5 Å². The number of amides is 1. The van der Waals surface area contributed by atoms with E-state index in [1.165, 1.54) is 0 Å². The molecule has 5 nitrogen and oxygen atoms in total. The van der Waals surface area contributed by atoms with Gasteiger partial charge < -0.3 is 10.0 Å². The summed E-state index contributed by atoms with van der Waals surface area (Å²) in [5, 5.41) is 3.18. The zero-order valence-electron chi connectivity index (χ0n) is 15.9. The van der Waals surface area contributed by atoms with Gasteiger partial charge in [0.25, 0.3) is 5.91 Å². The van der Waals surface area contributed by atoms with Gasteiger partial charge in [0.2, 0.25) is 0 Å². The van der Waals surface area contributed by atoms with Crippen LogP contribution in [0.4, 0.5) is 5.69 Å². The number of anilines is 1. The first-order valence-corrected chi connectivity index (χ1v) is 10.9. The van der Waals surface area contributed by atoms with Gasteiger partial charge in [-0.3, -0.25) is 9.78 Å². The number of aromatic nitrogens is 1. The zero-order valence-corrected chi connectivity index (χ0v) is 16.7. The number of rotatable bonds is 9. The molecule has 2 atom stereocenters. The minimum absolute atomic E-state index is 0.0369. The number of carbonyl (C=O) groups is 1. The molecule has 1 saturated carbocycles. The van der Waals surface area contributed by atoms with Gasteiger partial charge in [-0.1, -0.05) is 31.0 Å². The maximum Gasteiger partial charge on any atom is 0.253 e. The van der Waals surface area contributed by atoms with Crippen molar-refractivity contribution < 1.29 is 9.00 Å². The molecule has 0 spiro atoms. The minimum Gasteiger partial charge on any atom is -0.345 e. The maximum absolute atomic E-state index is 13.1. The van der Waals surface area contributed by atoms with Crippen molar-refractivity contribution in [1.82, 2.24) is 10.3 Å². The van der Waals surface area contributed by atoms with Gasteiger partial charge in [-0.2, -0.15) is 0 Å². The molecule has 1 aromatic heterocycles. The Hall–Kier alpha value is -2.21. The van der Waals surface area contributed by atoms with Crippen molar-refractivity contribution in [3.8, 4) is 0 Å². The molecule has 1 amide bonds. The lowest BCUT2D eigenvalue weighted by Crippen LogP contribution is -2.30. The molecule has 1 fully saturated rings. The third-order valence-corrected chi connectivity index (χ3v) is 5.86. The smallest absolute Gasteiger partial charge is 0.253 e. The number of unbranched alkanes of at least 4 members (excludes halogenated alkanes) is 1. The molecule has 27 heavy (non-hydrogen) atoms. The van der Waals surface area contributed by atoms with Crippen LogP contribution in [-0.2, 0) is 11.0 Å². The molecule has 0 radical (unpaired) electrons. The summed E-state index contributed by atoms with van der Waals surface area (Å²) in [5.74, 6) is 0.888. The van der Waals surface area contributed by atoms with Crippen molar-refractivity contribution >= 4 is 22.6 Å². The summed E-state index contributed by atoms with van der Waals surface area (Å²) in [6.07, 6.45) is 7.65. The van der Waals surface area contributed by atoms with Crippen LogP contribution in [0.15, 0.2) is 42.7 Å². The van der Waals surface area contributed by atoms with E-state index in [4.69, 9.17) is 0 Å². The van der Waals surface area contributed by atoms with Crippen LogP contribution >= 0.6 is 0 Å². The Morgan fingerprint density at radius 3 is 2.81 bits per heavy atom. The summed E-state index contributed by atoms with van der Waals surface area (Å²) in [6, 6.07) is 9.48. The fraction of sp³-hybridized carbons (Fsp3) is 0.429. The molecule has 0 bridgehead atoms. The van der Waals surface area contributed by atoms with Gasteiger partial charge in [-0.05, 0) is 55.9 Å².